The molecule has 0 amide bonds. The Kier molecular flexibility index (Phi) is 7.54. The molecule has 0 radical (unpaired) electrons. The highest BCUT2D eigenvalue weighted by atomic mass is 19.2. The molecule has 1 fully saturated rings. The fourth-order valence-corrected chi connectivity index (χ4v) is 5.42. The Balaban J connectivity index is 1.61. The standard InChI is InChI=1S/C25H36F2O/c1-4-6-18-7-9-19(10-8-18)17(3)20-11-13-21(14-12-20)22-15-16-23(28-5-2)25(27)24(22)26/h13,15-20H,4-12,14H2,1-3H3. The highest BCUT2D eigenvalue weighted by Gasteiger charge is 2.31. The van der Waals surface area contributed by atoms with Gasteiger partial charge in [-0.25, -0.2) is 4.39 Å². The second-order valence-electron chi connectivity index (χ2n) is 8.86. The van der Waals surface area contributed by atoms with Crippen molar-refractivity contribution in [2.75, 3.05) is 6.61 Å². The number of hydrogen-bond donors (Lipinski definition) is 0. The van der Waals surface area contributed by atoms with Crippen LogP contribution in [-0.4, -0.2) is 6.61 Å². The minimum atomic E-state index is -0.861. The smallest absolute Gasteiger partial charge is 0.201 e. The van der Waals surface area contributed by atoms with E-state index in [4.69, 9.17) is 4.74 Å². The summed E-state index contributed by atoms with van der Waals surface area (Å²) in [4.78, 5) is 0. The topological polar surface area (TPSA) is 9.23 Å². The summed E-state index contributed by atoms with van der Waals surface area (Å²) in [7, 11) is 0. The highest BCUT2D eigenvalue weighted by molar-refractivity contribution is 5.67. The van der Waals surface area contributed by atoms with E-state index >= 15 is 0 Å². The van der Waals surface area contributed by atoms with Crippen LogP contribution in [0.3, 0.4) is 0 Å². The molecule has 2 aliphatic carbocycles. The van der Waals surface area contributed by atoms with E-state index in [9.17, 15) is 8.78 Å². The molecular weight excluding hydrogens is 354 g/mol. The maximum Gasteiger partial charge on any atom is 0.201 e. The van der Waals surface area contributed by atoms with E-state index in [1.165, 1.54) is 38.5 Å². The van der Waals surface area contributed by atoms with Crippen molar-refractivity contribution in [3.05, 3.63) is 35.4 Å². The van der Waals surface area contributed by atoms with Crippen molar-refractivity contribution >= 4 is 5.57 Å². The third-order valence-corrected chi connectivity index (χ3v) is 7.22. The summed E-state index contributed by atoms with van der Waals surface area (Å²) in [5.74, 6) is 1.56. The van der Waals surface area contributed by atoms with Crippen LogP contribution < -0.4 is 4.74 Å². The first-order valence-electron chi connectivity index (χ1n) is 11.3. The molecule has 0 aromatic heterocycles. The molecule has 0 N–H and O–H groups in total. The van der Waals surface area contributed by atoms with Crippen LogP contribution in [0.2, 0.25) is 0 Å². The van der Waals surface area contributed by atoms with Gasteiger partial charge in [-0.3, -0.25) is 0 Å². The van der Waals surface area contributed by atoms with E-state index in [0.29, 0.717) is 18.1 Å². The quantitative estimate of drug-likeness (QED) is 0.461. The van der Waals surface area contributed by atoms with Crippen LogP contribution in [0.25, 0.3) is 5.57 Å². The van der Waals surface area contributed by atoms with Crippen LogP contribution in [0.1, 0.15) is 84.1 Å². The zero-order valence-corrected chi connectivity index (χ0v) is 17.8. The largest absolute Gasteiger partial charge is 0.491 e. The molecule has 1 saturated carbocycles. The number of halogens is 2. The summed E-state index contributed by atoms with van der Waals surface area (Å²) in [6.45, 7) is 6.82. The summed E-state index contributed by atoms with van der Waals surface area (Å²) < 4.78 is 33.9. The van der Waals surface area contributed by atoms with E-state index in [0.717, 1.165) is 42.6 Å². The van der Waals surface area contributed by atoms with Gasteiger partial charge in [-0.1, -0.05) is 45.6 Å². The molecule has 3 rings (SSSR count). The van der Waals surface area contributed by atoms with Crippen molar-refractivity contribution in [1.82, 2.24) is 0 Å². The molecule has 1 aromatic carbocycles. The van der Waals surface area contributed by atoms with Gasteiger partial charge in [0.25, 0.3) is 0 Å². The maximum absolute atomic E-state index is 14.5. The zero-order chi connectivity index (χ0) is 20.1. The second-order valence-corrected chi connectivity index (χ2v) is 8.86. The lowest BCUT2D eigenvalue weighted by Gasteiger charge is -2.37. The number of benzene rings is 1. The SMILES string of the molecule is CCCC1CCC(C(C)C2CC=C(c3ccc(OCC)c(F)c3F)CC2)CC1. The monoisotopic (exact) mass is 390 g/mol. The molecule has 1 aromatic rings. The summed E-state index contributed by atoms with van der Waals surface area (Å²) in [6, 6.07) is 3.23. The van der Waals surface area contributed by atoms with Crippen LogP contribution in [0, 0.1) is 35.3 Å². The van der Waals surface area contributed by atoms with Gasteiger partial charge in [-0.05, 0) is 80.4 Å². The molecule has 0 bridgehead atoms. The van der Waals surface area contributed by atoms with Crippen LogP contribution in [0.4, 0.5) is 8.78 Å². The Morgan fingerprint density at radius 1 is 1.00 bits per heavy atom. The second kappa shape index (κ2) is 9.89. The van der Waals surface area contributed by atoms with Crippen LogP contribution in [-0.2, 0) is 0 Å². The van der Waals surface area contributed by atoms with Gasteiger partial charge in [0.2, 0.25) is 5.82 Å². The summed E-state index contributed by atoms with van der Waals surface area (Å²) in [6.07, 6.45) is 13.3. The summed E-state index contributed by atoms with van der Waals surface area (Å²) in [5, 5.41) is 0. The molecule has 2 unspecified atom stereocenters. The van der Waals surface area contributed by atoms with E-state index in [-0.39, 0.29) is 5.75 Å². The van der Waals surface area contributed by atoms with E-state index in [2.05, 4.69) is 19.9 Å². The average molecular weight is 391 g/mol. The normalized spacial score (nSPS) is 26.6. The van der Waals surface area contributed by atoms with Gasteiger partial charge in [-0.2, -0.15) is 4.39 Å². The van der Waals surface area contributed by atoms with Gasteiger partial charge in [0.15, 0.2) is 11.6 Å². The van der Waals surface area contributed by atoms with Crippen LogP contribution in [0.5, 0.6) is 5.75 Å². The van der Waals surface area contributed by atoms with Gasteiger partial charge in [0.1, 0.15) is 0 Å². The molecule has 3 heteroatoms. The molecule has 28 heavy (non-hydrogen) atoms. The fourth-order valence-electron chi connectivity index (χ4n) is 5.42. The predicted octanol–water partition coefficient (Wildman–Crippen LogP) is 7.79. The number of rotatable bonds is 7. The van der Waals surface area contributed by atoms with E-state index < -0.39 is 11.6 Å². The van der Waals surface area contributed by atoms with Gasteiger partial charge in [0, 0.05) is 5.56 Å². The first kappa shape index (κ1) is 21.3. The first-order valence-corrected chi connectivity index (χ1v) is 11.3. The highest BCUT2D eigenvalue weighted by Crippen LogP contribution is 2.43. The lowest BCUT2D eigenvalue weighted by atomic mass is 9.68. The van der Waals surface area contributed by atoms with E-state index in [1.807, 2.05) is 0 Å². The van der Waals surface area contributed by atoms with E-state index in [1.54, 1.807) is 19.1 Å². The molecule has 1 nitrogen and oxygen atoms in total. The van der Waals surface area contributed by atoms with Gasteiger partial charge in [-0.15, -0.1) is 0 Å². The molecule has 2 aliphatic rings. The maximum atomic E-state index is 14.5. The molecule has 0 aliphatic heterocycles. The average Bonchev–Trinajstić information content (AvgIpc) is 2.72. The number of allylic oxidation sites excluding steroid dienone is 2. The van der Waals surface area contributed by atoms with Crippen molar-refractivity contribution in [3.63, 3.8) is 0 Å². The summed E-state index contributed by atoms with van der Waals surface area (Å²) in [5.41, 5.74) is 1.36. The molecule has 0 saturated heterocycles. The van der Waals surface area contributed by atoms with Crippen LogP contribution >= 0.6 is 0 Å². The molecule has 0 spiro atoms. The molecular formula is C25H36F2O. The lowest BCUT2D eigenvalue weighted by molar-refractivity contribution is 0.155. The molecule has 156 valence electrons. The Morgan fingerprint density at radius 3 is 2.36 bits per heavy atom. The van der Waals surface area contributed by atoms with Crippen molar-refractivity contribution in [2.24, 2.45) is 23.7 Å². The Hall–Kier alpha value is -1.38. The van der Waals surface area contributed by atoms with Crippen molar-refractivity contribution in [1.29, 1.82) is 0 Å². The Morgan fingerprint density at radius 2 is 1.75 bits per heavy atom. The minimum absolute atomic E-state index is 0.00494. The zero-order valence-electron chi connectivity index (χ0n) is 17.8. The Bertz CT molecular complexity index is 673. The fraction of sp³-hybridized carbons (Fsp3) is 0.680. The third-order valence-electron chi connectivity index (χ3n) is 7.22. The summed E-state index contributed by atoms with van der Waals surface area (Å²) >= 11 is 0. The van der Waals surface area contributed by atoms with Gasteiger partial charge < -0.3 is 4.74 Å². The predicted molar refractivity (Wildman–Crippen MR) is 112 cm³/mol. The van der Waals surface area contributed by atoms with Crippen molar-refractivity contribution in [2.45, 2.75) is 78.6 Å². The van der Waals surface area contributed by atoms with Crippen molar-refractivity contribution in [3.8, 4) is 5.75 Å². The molecule has 2 atom stereocenters. The van der Waals surface area contributed by atoms with Crippen molar-refractivity contribution < 1.29 is 13.5 Å². The van der Waals surface area contributed by atoms with Gasteiger partial charge >= 0.3 is 0 Å². The minimum Gasteiger partial charge on any atom is -0.491 e. The Labute approximate surface area is 169 Å². The van der Waals surface area contributed by atoms with Crippen LogP contribution in [0.15, 0.2) is 18.2 Å². The van der Waals surface area contributed by atoms with Gasteiger partial charge in [0.05, 0.1) is 6.61 Å². The lowest BCUT2D eigenvalue weighted by Crippen LogP contribution is -2.26. The third kappa shape index (κ3) is 4.78. The number of hydrogen-bond acceptors (Lipinski definition) is 1. The number of ether oxygens (including phenoxy) is 1. The first-order chi connectivity index (χ1) is 13.5. The molecule has 0 heterocycles.